The van der Waals surface area contributed by atoms with Crippen LogP contribution in [0.15, 0.2) is 42.7 Å². The van der Waals surface area contributed by atoms with E-state index in [0.717, 1.165) is 100 Å². The second-order valence-electron chi connectivity index (χ2n) is 21.5. The monoisotopic (exact) mass is 925 g/mol. The molecule has 1 atom stereocenters. The van der Waals surface area contributed by atoms with Crippen molar-refractivity contribution in [1.82, 2.24) is 34.9 Å². The van der Waals surface area contributed by atoms with Crippen molar-refractivity contribution in [2.45, 2.75) is 119 Å². The van der Waals surface area contributed by atoms with Crippen molar-refractivity contribution in [3.63, 3.8) is 0 Å². The Morgan fingerprint density at radius 3 is 2.28 bits per heavy atom. The molecule has 5 aliphatic rings. The average Bonchev–Trinajstić information content (AvgIpc) is 3.69. The number of nitriles is 2. The van der Waals surface area contributed by atoms with E-state index < -0.39 is 0 Å². The molecule has 14 nitrogen and oxygen atoms in total. The number of carbonyl (C=O) groups is 2. The maximum absolute atomic E-state index is 13.6. The van der Waals surface area contributed by atoms with Crippen LogP contribution >= 0.6 is 11.6 Å². The lowest BCUT2D eigenvalue weighted by molar-refractivity contribution is -0.164. The number of likely N-dealkylation sites (tertiary alicyclic amines) is 1. The van der Waals surface area contributed by atoms with E-state index in [1.807, 2.05) is 11.8 Å². The molecule has 2 saturated heterocycles. The van der Waals surface area contributed by atoms with Crippen LogP contribution in [0.3, 0.4) is 0 Å². The largest absolute Gasteiger partial charge is 0.489 e. The molecule has 3 fully saturated rings. The smallest absolute Gasteiger partial charge is 0.254 e. The lowest BCUT2D eigenvalue weighted by atomic mass is 9.49. The molecular formula is C52H64ClN11O3. The van der Waals surface area contributed by atoms with Crippen LogP contribution in [0.25, 0.3) is 0 Å². The van der Waals surface area contributed by atoms with Crippen molar-refractivity contribution in [2.24, 2.45) is 22.2 Å². The van der Waals surface area contributed by atoms with Gasteiger partial charge in [-0.2, -0.15) is 15.6 Å². The molecule has 0 radical (unpaired) electrons. The standard InChI is InChI=1S/C52H64ClN11O3/c1-32-22-44-34(23-36(32)26-55)10-9-17-63(44)45-41-30-61(33(2)65)21-16-43(41)64(59-45)39-14-18-60(19-15-39)29-38-13-20-62(31-50(38,3)4)49-56-27-37(28-57-49)46(66)58-47-51(5,6)48(52(47,7)8)67-40-12-11-35(25-54)42(53)24-40/h11-12,22-24,27-28,38-39,47-48H,9-10,13-21,29-31H2,1-8H3,(H,58,66). The van der Waals surface area contributed by atoms with Crippen molar-refractivity contribution in [3.05, 3.63) is 86.8 Å². The van der Waals surface area contributed by atoms with Crippen LogP contribution in [0, 0.1) is 51.7 Å². The van der Waals surface area contributed by atoms with Crippen molar-refractivity contribution in [3.8, 4) is 17.9 Å². The number of aryl methyl sites for hydroxylation is 2. The highest BCUT2D eigenvalue weighted by atomic mass is 35.5. The average molecular weight is 927 g/mol. The van der Waals surface area contributed by atoms with E-state index in [4.69, 9.17) is 31.4 Å². The number of amides is 2. The van der Waals surface area contributed by atoms with Crippen molar-refractivity contribution in [2.75, 3.05) is 55.6 Å². The van der Waals surface area contributed by atoms with Crippen LogP contribution in [0.1, 0.15) is 124 Å². The third-order valence-electron chi connectivity index (χ3n) is 15.9. The first-order chi connectivity index (χ1) is 31.9. The molecule has 6 heterocycles. The van der Waals surface area contributed by atoms with Gasteiger partial charge in [-0.25, -0.2) is 9.97 Å². The van der Waals surface area contributed by atoms with Gasteiger partial charge in [0.2, 0.25) is 11.9 Å². The number of fused-ring (bicyclic) bond motifs is 2. The van der Waals surface area contributed by atoms with E-state index in [0.29, 0.717) is 52.9 Å². The van der Waals surface area contributed by atoms with Gasteiger partial charge in [-0.3, -0.25) is 14.3 Å². The Bertz CT molecular complexity index is 2640. The number of hydrogen-bond donors (Lipinski definition) is 1. The number of carbonyl (C=O) groups excluding carboxylic acids is 2. The predicted octanol–water partition coefficient (Wildman–Crippen LogP) is 8.17. The first-order valence-corrected chi connectivity index (χ1v) is 24.4. The van der Waals surface area contributed by atoms with Crippen LogP contribution in [-0.2, 0) is 24.2 Å². The zero-order valence-electron chi connectivity index (χ0n) is 40.3. The Balaban J connectivity index is 0.805. The van der Waals surface area contributed by atoms with Gasteiger partial charge in [0, 0.05) is 111 Å². The van der Waals surface area contributed by atoms with E-state index in [9.17, 15) is 20.1 Å². The summed E-state index contributed by atoms with van der Waals surface area (Å²) in [5.74, 6) is 2.59. The Labute approximate surface area is 400 Å². The molecule has 2 aromatic carbocycles. The summed E-state index contributed by atoms with van der Waals surface area (Å²) in [6.45, 7) is 23.6. The number of nitrogens with zero attached hydrogens (tertiary/aromatic N) is 10. The number of hydrogen-bond acceptors (Lipinski definition) is 11. The van der Waals surface area contributed by atoms with Gasteiger partial charge >= 0.3 is 0 Å². The van der Waals surface area contributed by atoms with Crippen molar-refractivity contribution >= 4 is 40.9 Å². The molecule has 15 heteroatoms. The second kappa shape index (κ2) is 17.7. The van der Waals surface area contributed by atoms with Gasteiger partial charge in [-0.15, -0.1) is 0 Å². The van der Waals surface area contributed by atoms with E-state index >= 15 is 0 Å². The fourth-order valence-corrected chi connectivity index (χ4v) is 12.5. The molecule has 1 aliphatic carbocycles. The SMILES string of the molecule is CC(=O)N1CCc2c(c(N3CCCc4cc(C#N)c(C)cc43)nn2C2CCN(CC3CCN(c4ncc(C(=O)NC5C(C)(C)C(Oc6ccc(C#N)c(Cl)c6)C5(C)C)cn4)CC3(C)C)CC2)C1. The number of nitrogens with one attached hydrogen (secondary N) is 1. The molecule has 1 unspecified atom stereocenters. The van der Waals surface area contributed by atoms with Gasteiger partial charge in [-0.05, 0) is 85.8 Å². The van der Waals surface area contributed by atoms with E-state index in [-0.39, 0.29) is 40.2 Å². The third kappa shape index (κ3) is 8.61. The van der Waals surface area contributed by atoms with Gasteiger partial charge in [0.25, 0.3) is 5.91 Å². The molecule has 352 valence electrons. The lowest BCUT2D eigenvalue weighted by Crippen LogP contribution is -2.74. The molecule has 67 heavy (non-hydrogen) atoms. The quantitative estimate of drug-likeness (QED) is 0.173. The Hall–Kier alpha value is -5.70. The summed E-state index contributed by atoms with van der Waals surface area (Å²) in [7, 11) is 0. The van der Waals surface area contributed by atoms with Gasteiger partial charge in [0.15, 0.2) is 5.82 Å². The van der Waals surface area contributed by atoms with Gasteiger partial charge in [0.1, 0.15) is 17.9 Å². The number of halogens is 1. The molecule has 0 spiro atoms. The number of piperidine rings is 2. The molecule has 4 aromatic rings. The zero-order chi connectivity index (χ0) is 47.6. The minimum absolute atomic E-state index is 0.0211. The topological polar surface area (TPSA) is 160 Å². The summed E-state index contributed by atoms with van der Waals surface area (Å²) in [4.78, 5) is 44.9. The third-order valence-corrected chi connectivity index (χ3v) is 16.2. The number of benzene rings is 2. The normalized spacial score (nSPS) is 23.3. The van der Waals surface area contributed by atoms with Crippen LogP contribution in [0.2, 0.25) is 5.02 Å². The highest BCUT2D eigenvalue weighted by Gasteiger charge is 2.64. The minimum Gasteiger partial charge on any atom is -0.489 e. The second-order valence-corrected chi connectivity index (χ2v) is 22.0. The molecular weight excluding hydrogens is 862 g/mol. The van der Waals surface area contributed by atoms with Crippen molar-refractivity contribution in [1.29, 1.82) is 10.5 Å². The van der Waals surface area contributed by atoms with E-state index in [1.54, 1.807) is 37.5 Å². The summed E-state index contributed by atoms with van der Waals surface area (Å²) in [6, 6.07) is 13.9. The number of anilines is 3. The first-order valence-electron chi connectivity index (χ1n) is 24.0. The maximum Gasteiger partial charge on any atom is 0.254 e. The summed E-state index contributed by atoms with van der Waals surface area (Å²) in [5, 5.41) is 28.1. The minimum atomic E-state index is -0.386. The fourth-order valence-electron chi connectivity index (χ4n) is 12.3. The van der Waals surface area contributed by atoms with Crippen LogP contribution in [0.4, 0.5) is 17.5 Å². The first kappa shape index (κ1) is 46.4. The zero-order valence-corrected chi connectivity index (χ0v) is 41.1. The van der Waals surface area contributed by atoms with Gasteiger partial charge < -0.3 is 29.7 Å². The molecule has 2 aromatic heterocycles. The summed E-state index contributed by atoms with van der Waals surface area (Å²) in [6.07, 6.45) is 8.88. The molecule has 9 rings (SSSR count). The predicted molar refractivity (Wildman–Crippen MR) is 258 cm³/mol. The highest BCUT2D eigenvalue weighted by Crippen LogP contribution is 2.56. The number of aromatic nitrogens is 4. The molecule has 0 bridgehead atoms. The van der Waals surface area contributed by atoms with Crippen LogP contribution < -0.4 is 19.9 Å². The molecule has 1 saturated carbocycles. The fraction of sp³-hybridized carbons (Fsp3) is 0.558. The molecule has 1 N–H and O–H groups in total. The molecule has 2 amide bonds. The van der Waals surface area contributed by atoms with Gasteiger partial charge in [0.05, 0.1) is 40.4 Å². The van der Waals surface area contributed by atoms with Crippen LogP contribution in [-0.4, -0.2) is 99.3 Å². The van der Waals surface area contributed by atoms with E-state index in [1.165, 1.54) is 16.8 Å². The number of rotatable bonds is 9. The number of ether oxygens (including phenoxy) is 1. The van der Waals surface area contributed by atoms with Gasteiger partial charge in [-0.1, -0.05) is 53.1 Å². The highest BCUT2D eigenvalue weighted by molar-refractivity contribution is 6.31. The Kier molecular flexibility index (Phi) is 12.3. The molecule has 4 aliphatic heterocycles. The Morgan fingerprint density at radius 2 is 1.63 bits per heavy atom. The van der Waals surface area contributed by atoms with E-state index in [2.05, 4.69) is 90.5 Å². The summed E-state index contributed by atoms with van der Waals surface area (Å²) < 4.78 is 8.74. The van der Waals surface area contributed by atoms with Crippen LogP contribution in [0.5, 0.6) is 5.75 Å². The lowest BCUT2D eigenvalue weighted by Gasteiger charge is -2.63. The maximum atomic E-state index is 13.6. The summed E-state index contributed by atoms with van der Waals surface area (Å²) in [5.41, 5.74) is 6.54. The Morgan fingerprint density at radius 1 is 0.910 bits per heavy atom. The van der Waals surface area contributed by atoms with Crippen molar-refractivity contribution < 1.29 is 14.3 Å². The summed E-state index contributed by atoms with van der Waals surface area (Å²) >= 11 is 6.29.